The summed E-state index contributed by atoms with van der Waals surface area (Å²) in [4.78, 5) is 11.4. The fraction of sp³-hybridized carbons (Fsp3) is 0.306. The molecule has 4 aromatic rings. The number of hydrogen-bond donors (Lipinski definition) is 2. The van der Waals surface area contributed by atoms with Crippen LogP contribution in [0.2, 0.25) is 10.0 Å². The van der Waals surface area contributed by atoms with Crippen LogP contribution >= 0.6 is 23.2 Å². The Morgan fingerprint density at radius 3 is 1.62 bits per heavy atom. The predicted molar refractivity (Wildman–Crippen MR) is 181 cm³/mol. The van der Waals surface area contributed by atoms with Gasteiger partial charge in [0.15, 0.2) is 35.2 Å². The predicted octanol–water partition coefficient (Wildman–Crippen LogP) is 6.44. The van der Waals surface area contributed by atoms with Crippen molar-refractivity contribution in [1.82, 2.24) is 10.6 Å². The van der Waals surface area contributed by atoms with Crippen molar-refractivity contribution in [2.75, 3.05) is 47.1 Å². The van der Waals surface area contributed by atoms with Crippen LogP contribution in [-0.2, 0) is 14.3 Å². The molecule has 4 atom stereocenters. The van der Waals surface area contributed by atoms with E-state index in [1.54, 1.807) is 44.6 Å². The van der Waals surface area contributed by atoms with Gasteiger partial charge in [-0.25, -0.2) is 0 Å². The smallest absolute Gasteiger partial charge is 0.246 e. The zero-order valence-electron chi connectivity index (χ0n) is 26.2. The number of halogens is 2. The van der Waals surface area contributed by atoms with Gasteiger partial charge < -0.3 is 39.1 Å². The molecule has 2 heterocycles. The zero-order valence-corrected chi connectivity index (χ0v) is 27.7. The summed E-state index contributed by atoms with van der Waals surface area (Å²) >= 11 is 12.0. The Balaban J connectivity index is 0.000000185. The van der Waals surface area contributed by atoms with Crippen LogP contribution in [0.1, 0.15) is 23.3 Å². The first-order valence-corrected chi connectivity index (χ1v) is 16.0. The molecule has 47 heavy (non-hydrogen) atoms. The van der Waals surface area contributed by atoms with E-state index in [-0.39, 0.29) is 36.9 Å². The monoisotopic (exact) mass is 680 g/mol. The first-order chi connectivity index (χ1) is 22.9. The number of ether oxygens (including phenoxy) is 6. The van der Waals surface area contributed by atoms with E-state index in [0.717, 1.165) is 24.2 Å². The highest BCUT2D eigenvalue weighted by molar-refractivity contribution is 6.31. The second-order valence-electron chi connectivity index (χ2n) is 10.8. The van der Waals surface area contributed by atoms with Crippen molar-refractivity contribution >= 4 is 29.1 Å². The Morgan fingerprint density at radius 1 is 0.681 bits per heavy atom. The lowest BCUT2D eigenvalue weighted by Crippen LogP contribution is -2.46. The summed E-state index contributed by atoms with van der Waals surface area (Å²) in [5, 5.41) is 7.34. The number of morpholine rings is 2. The molecule has 0 bridgehead atoms. The first-order valence-electron chi connectivity index (χ1n) is 15.3. The maximum absolute atomic E-state index is 11.4. The van der Waals surface area contributed by atoms with Gasteiger partial charge >= 0.3 is 0 Å². The average molecular weight is 682 g/mol. The van der Waals surface area contributed by atoms with Crippen molar-refractivity contribution < 1.29 is 33.2 Å². The highest BCUT2D eigenvalue weighted by Crippen LogP contribution is 2.37. The van der Waals surface area contributed by atoms with Crippen molar-refractivity contribution in [3.8, 4) is 23.0 Å². The molecule has 1 amide bonds. The topological polar surface area (TPSA) is 96.5 Å². The van der Waals surface area contributed by atoms with Crippen LogP contribution in [0.15, 0.2) is 97.1 Å². The van der Waals surface area contributed by atoms with Gasteiger partial charge in [0.2, 0.25) is 5.91 Å². The SMILES string of the molecule is COc1cc(Cl)ccc1O[C@@H](c1ccccc1)[C@@H]1CNC(=O)CO1.COc1cc(Cl)ccc1O[C@@H](c1ccccc1)[C@@H]1CNCCO1. The quantitative estimate of drug-likeness (QED) is 0.198. The summed E-state index contributed by atoms with van der Waals surface area (Å²) < 4.78 is 34.8. The fourth-order valence-electron chi connectivity index (χ4n) is 5.24. The minimum atomic E-state index is -0.387. The summed E-state index contributed by atoms with van der Waals surface area (Å²) in [6.45, 7) is 2.69. The van der Waals surface area contributed by atoms with Crippen LogP contribution in [-0.4, -0.2) is 65.2 Å². The van der Waals surface area contributed by atoms with Crippen molar-refractivity contribution in [3.05, 3.63) is 118 Å². The number of amides is 1. The number of benzene rings is 4. The molecule has 9 nitrogen and oxygen atoms in total. The molecule has 0 aliphatic carbocycles. The summed E-state index contributed by atoms with van der Waals surface area (Å²) in [6.07, 6.45) is -0.974. The molecular formula is C36H38Cl2N2O7. The summed E-state index contributed by atoms with van der Waals surface area (Å²) in [5.41, 5.74) is 2.02. The van der Waals surface area contributed by atoms with Gasteiger partial charge in [-0.3, -0.25) is 4.79 Å². The molecule has 2 aliphatic rings. The van der Waals surface area contributed by atoms with Gasteiger partial charge in [0.05, 0.1) is 20.8 Å². The lowest BCUT2D eigenvalue weighted by molar-refractivity contribution is -0.137. The van der Waals surface area contributed by atoms with Crippen LogP contribution < -0.4 is 29.6 Å². The van der Waals surface area contributed by atoms with Crippen LogP contribution in [0.3, 0.4) is 0 Å². The summed E-state index contributed by atoms with van der Waals surface area (Å²) in [7, 11) is 3.17. The van der Waals surface area contributed by atoms with Gasteiger partial charge in [-0.2, -0.15) is 0 Å². The number of nitrogens with one attached hydrogen (secondary N) is 2. The van der Waals surface area contributed by atoms with Gasteiger partial charge in [0, 0.05) is 41.8 Å². The highest BCUT2D eigenvalue weighted by atomic mass is 35.5. The zero-order chi connectivity index (χ0) is 33.0. The molecule has 2 fully saturated rings. The minimum absolute atomic E-state index is 0.0229. The normalized spacial score (nSPS) is 18.9. The molecule has 4 aromatic carbocycles. The molecular weight excluding hydrogens is 643 g/mol. The molecule has 11 heteroatoms. The fourth-order valence-corrected chi connectivity index (χ4v) is 5.56. The second-order valence-corrected chi connectivity index (χ2v) is 11.6. The highest BCUT2D eigenvalue weighted by Gasteiger charge is 2.31. The number of carbonyl (C=O) groups is 1. The lowest BCUT2D eigenvalue weighted by Gasteiger charge is -2.32. The maximum atomic E-state index is 11.4. The number of hydrogen-bond acceptors (Lipinski definition) is 8. The van der Waals surface area contributed by atoms with Gasteiger partial charge in [-0.1, -0.05) is 83.9 Å². The van der Waals surface area contributed by atoms with Crippen molar-refractivity contribution in [2.45, 2.75) is 24.4 Å². The first kappa shape index (κ1) is 34.3. The standard InChI is InChI=1S/C18H18ClNO4.C18H20ClNO3/c1-22-15-9-13(19)7-8-14(15)24-18(12-5-3-2-4-6-12)16-10-20-17(21)11-23-16;1-21-16-11-14(19)7-8-15(16)23-18(13-5-3-2-4-6-13)17-12-20-9-10-22-17/h2-9,16,18H,10-11H2,1H3,(H,20,21);2-8,11,17-18,20H,9-10,12H2,1H3/t16-,18-;17-,18-/m00/s1. The van der Waals surface area contributed by atoms with Crippen LogP contribution in [0.25, 0.3) is 0 Å². The number of carbonyl (C=O) groups excluding carboxylic acids is 1. The molecule has 2 N–H and O–H groups in total. The molecule has 6 rings (SSSR count). The molecule has 0 saturated carbocycles. The Morgan fingerprint density at radius 2 is 1.19 bits per heavy atom. The van der Waals surface area contributed by atoms with Gasteiger partial charge in [-0.05, 0) is 35.4 Å². The molecule has 2 aliphatic heterocycles. The van der Waals surface area contributed by atoms with E-state index in [2.05, 4.69) is 10.6 Å². The van der Waals surface area contributed by atoms with Crippen molar-refractivity contribution in [2.24, 2.45) is 0 Å². The van der Waals surface area contributed by atoms with E-state index in [9.17, 15) is 4.79 Å². The summed E-state index contributed by atoms with van der Waals surface area (Å²) in [6, 6.07) is 30.4. The van der Waals surface area contributed by atoms with E-state index < -0.39 is 0 Å². The molecule has 0 unspecified atom stereocenters. The third-order valence-corrected chi connectivity index (χ3v) is 8.05. The van der Waals surface area contributed by atoms with E-state index in [1.165, 1.54) is 0 Å². The molecule has 0 spiro atoms. The Kier molecular flexibility index (Phi) is 12.6. The third-order valence-electron chi connectivity index (χ3n) is 7.58. The third kappa shape index (κ3) is 9.53. The molecule has 248 valence electrons. The van der Waals surface area contributed by atoms with E-state index >= 15 is 0 Å². The maximum Gasteiger partial charge on any atom is 0.246 e. The molecule has 0 aromatic heterocycles. The largest absolute Gasteiger partial charge is 0.493 e. The van der Waals surface area contributed by atoms with Crippen LogP contribution in [0.5, 0.6) is 23.0 Å². The van der Waals surface area contributed by atoms with E-state index in [0.29, 0.717) is 46.2 Å². The molecule has 2 saturated heterocycles. The Hall–Kier alpha value is -3.99. The van der Waals surface area contributed by atoms with Crippen LogP contribution in [0, 0.1) is 0 Å². The van der Waals surface area contributed by atoms with Crippen molar-refractivity contribution in [1.29, 1.82) is 0 Å². The average Bonchev–Trinajstić information content (AvgIpc) is 3.12. The lowest BCUT2D eigenvalue weighted by atomic mass is 10.0. The van der Waals surface area contributed by atoms with Gasteiger partial charge in [-0.15, -0.1) is 0 Å². The van der Waals surface area contributed by atoms with Gasteiger partial charge in [0.25, 0.3) is 0 Å². The molecule has 0 radical (unpaired) electrons. The Bertz CT molecular complexity index is 1560. The number of rotatable bonds is 10. The van der Waals surface area contributed by atoms with E-state index in [4.69, 9.17) is 51.6 Å². The number of methoxy groups -OCH3 is 2. The minimum Gasteiger partial charge on any atom is -0.493 e. The summed E-state index contributed by atoms with van der Waals surface area (Å²) in [5.74, 6) is 2.25. The Labute approximate surface area is 285 Å². The van der Waals surface area contributed by atoms with Gasteiger partial charge in [0.1, 0.15) is 18.8 Å². The van der Waals surface area contributed by atoms with Crippen LogP contribution in [0.4, 0.5) is 0 Å². The second kappa shape index (κ2) is 17.2. The van der Waals surface area contributed by atoms with E-state index in [1.807, 2.05) is 66.7 Å². The van der Waals surface area contributed by atoms with Crippen molar-refractivity contribution in [3.63, 3.8) is 0 Å².